The third-order valence-electron chi connectivity index (χ3n) is 4.95. The normalized spacial score (nSPS) is 15.4. The van der Waals surface area contributed by atoms with E-state index in [2.05, 4.69) is 0 Å². The van der Waals surface area contributed by atoms with Crippen LogP contribution in [0.3, 0.4) is 0 Å². The first-order valence-electron chi connectivity index (χ1n) is 10.5. The van der Waals surface area contributed by atoms with Gasteiger partial charge in [0, 0.05) is 6.61 Å². The molecule has 0 N–H and O–H groups in total. The van der Waals surface area contributed by atoms with Gasteiger partial charge >= 0.3 is 5.97 Å². The standard InChI is InChI=1S/C21H40O3/c1-3-23-19(2)21(22)24-18-14-12-10-8-6-4-5-7-9-11-13-15-20-16-17-20/h19-20H,3-18H2,1-2H3. The number of hydrogen-bond donors (Lipinski definition) is 0. The van der Waals surface area contributed by atoms with Crippen LogP contribution in [0.5, 0.6) is 0 Å². The summed E-state index contributed by atoms with van der Waals surface area (Å²) >= 11 is 0. The van der Waals surface area contributed by atoms with Gasteiger partial charge in [0.25, 0.3) is 0 Å². The summed E-state index contributed by atoms with van der Waals surface area (Å²) in [6.45, 7) is 4.73. The van der Waals surface area contributed by atoms with Gasteiger partial charge in [-0.25, -0.2) is 4.79 Å². The maximum Gasteiger partial charge on any atom is 0.334 e. The fraction of sp³-hybridized carbons (Fsp3) is 0.952. The topological polar surface area (TPSA) is 35.5 Å². The molecule has 1 atom stereocenters. The molecule has 142 valence electrons. The van der Waals surface area contributed by atoms with Gasteiger partial charge in [-0.1, -0.05) is 83.5 Å². The van der Waals surface area contributed by atoms with Crippen LogP contribution in [0.1, 0.15) is 104 Å². The first-order chi connectivity index (χ1) is 11.7. The summed E-state index contributed by atoms with van der Waals surface area (Å²) in [6.07, 6.45) is 18.8. The molecule has 24 heavy (non-hydrogen) atoms. The molecule has 0 amide bonds. The van der Waals surface area contributed by atoms with E-state index in [0.717, 1.165) is 18.8 Å². The first kappa shape index (κ1) is 21.5. The highest BCUT2D eigenvalue weighted by Crippen LogP contribution is 2.34. The largest absolute Gasteiger partial charge is 0.464 e. The molecular formula is C21H40O3. The minimum absolute atomic E-state index is 0.228. The third kappa shape index (κ3) is 12.8. The van der Waals surface area contributed by atoms with Crippen molar-refractivity contribution < 1.29 is 14.3 Å². The Labute approximate surface area is 149 Å². The SMILES string of the molecule is CCOC(C)C(=O)OCCCCCCCCCCCCCC1CC1. The highest BCUT2D eigenvalue weighted by molar-refractivity contribution is 5.74. The van der Waals surface area contributed by atoms with Gasteiger partial charge in [-0.05, 0) is 26.2 Å². The summed E-state index contributed by atoms with van der Waals surface area (Å²) in [5.74, 6) is 0.885. The number of hydrogen-bond acceptors (Lipinski definition) is 3. The van der Waals surface area contributed by atoms with E-state index in [0.29, 0.717) is 13.2 Å². The molecule has 3 heteroatoms. The molecule has 1 fully saturated rings. The van der Waals surface area contributed by atoms with Crippen molar-refractivity contribution in [3.63, 3.8) is 0 Å². The molecule has 0 radical (unpaired) electrons. The lowest BCUT2D eigenvalue weighted by Gasteiger charge is -2.11. The van der Waals surface area contributed by atoms with E-state index in [1.807, 2.05) is 6.92 Å². The van der Waals surface area contributed by atoms with Crippen molar-refractivity contribution in [1.82, 2.24) is 0 Å². The maximum absolute atomic E-state index is 11.5. The maximum atomic E-state index is 11.5. The molecule has 0 bridgehead atoms. The van der Waals surface area contributed by atoms with Gasteiger partial charge in [0.15, 0.2) is 6.10 Å². The Balaban J connectivity index is 1.70. The Hall–Kier alpha value is -0.570. The summed E-state index contributed by atoms with van der Waals surface area (Å²) in [5, 5.41) is 0. The van der Waals surface area contributed by atoms with Gasteiger partial charge in [-0.3, -0.25) is 0 Å². The quantitative estimate of drug-likeness (QED) is 0.239. The van der Waals surface area contributed by atoms with Crippen molar-refractivity contribution in [1.29, 1.82) is 0 Å². The summed E-state index contributed by atoms with van der Waals surface area (Å²) in [6, 6.07) is 0. The predicted octanol–water partition coefficient (Wildman–Crippen LogP) is 6.05. The van der Waals surface area contributed by atoms with Crippen molar-refractivity contribution in [3.8, 4) is 0 Å². The van der Waals surface area contributed by atoms with Gasteiger partial charge in [-0.15, -0.1) is 0 Å². The zero-order valence-corrected chi connectivity index (χ0v) is 16.2. The molecule has 3 nitrogen and oxygen atoms in total. The fourth-order valence-corrected chi connectivity index (χ4v) is 3.14. The molecule has 0 aromatic rings. The van der Waals surface area contributed by atoms with Gasteiger partial charge in [0.1, 0.15) is 0 Å². The molecule has 0 aromatic carbocycles. The highest BCUT2D eigenvalue weighted by atomic mass is 16.6. The molecule has 1 rings (SSSR count). The molecule has 1 unspecified atom stereocenters. The number of rotatable bonds is 17. The van der Waals surface area contributed by atoms with E-state index in [-0.39, 0.29) is 5.97 Å². The molecule has 0 saturated heterocycles. The van der Waals surface area contributed by atoms with Crippen LogP contribution in [-0.2, 0) is 14.3 Å². The Morgan fingerprint density at radius 2 is 1.38 bits per heavy atom. The minimum Gasteiger partial charge on any atom is -0.464 e. The van der Waals surface area contributed by atoms with Gasteiger partial charge < -0.3 is 9.47 Å². The summed E-state index contributed by atoms with van der Waals surface area (Å²) < 4.78 is 10.4. The van der Waals surface area contributed by atoms with E-state index in [9.17, 15) is 4.79 Å². The third-order valence-corrected chi connectivity index (χ3v) is 4.95. The molecule has 1 aliphatic carbocycles. The van der Waals surface area contributed by atoms with Gasteiger partial charge in [0.2, 0.25) is 0 Å². The summed E-state index contributed by atoms with van der Waals surface area (Å²) in [5.41, 5.74) is 0. The number of esters is 1. The second kappa shape index (κ2) is 14.7. The molecule has 0 heterocycles. The average Bonchev–Trinajstić information content (AvgIpc) is 3.39. The minimum atomic E-state index is -0.427. The van der Waals surface area contributed by atoms with Gasteiger partial charge in [0.05, 0.1) is 6.61 Å². The predicted molar refractivity (Wildman–Crippen MR) is 100 cm³/mol. The molecule has 1 saturated carbocycles. The van der Waals surface area contributed by atoms with E-state index in [1.165, 1.54) is 77.0 Å². The molecular weight excluding hydrogens is 300 g/mol. The van der Waals surface area contributed by atoms with Crippen LogP contribution in [-0.4, -0.2) is 25.3 Å². The van der Waals surface area contributed by atoms with Gasteiger partial charge in [-0.2, -0.15) is 0 Å². The van der Waals surface area contributed by atoms with Crippen molar-refractivity contribution in [3.05, 3.63) is 0 Å². The molecule has 0 spiro atoms. The van der Waals surface area contributed by atoms with Crippen molar-refractivity contribution in [2.24, 2.45) is 5.92 Å². The molecule has 0 aromatic heterocycles. The Kier molecular flexibility index (Phi) is 13.2. The zero-order valence-electron chi connectivity index (χ0n) is 16.2. The van der Waals surface area contributed by atoms with Crippen molar-refractivity contribution in [2.75, 3.05) is 13.2 Å². The Bertz CT molecular complexity index is 299. The number of ether oxygens (including phenoxy) is 2. The van der Waals surface area contributed by atoms with Crippen LogP contribution in [0.4, 0.5) is 0 Å². The lowest BCUT2D eigenvalue weighted by Crippen LogP contribution is -2.23. The number of carbonyl (C=O) groups excluding carboxylic acids is 1. The monoisotopic (exact) mass is 340 g/mol. The smallest absolute Gasteiger partial charge is 0.334 e. The fourth-order valence-electron chi connectivity index (χ4n) is 3.14. The summed E-state index contributed by atoms with van der Waals surface area (Å²) in [4.78, 5) is 11.5. The van der Waals surface area contributed by atoms with Crippen LogP contribution in [0.2, 0.25) is 0 Å². The summed E-state index contributed by atoms with van der Waals surface area (Å²) in [7, 11) is 0. The van der Waals surface area contributed by atoms with Crippen molar-refractivity contribution >= 4 is 5.97 Å². The number of carbonyl (C=O) groups is 1. The highest BCUT2D eigenvalue weighted by Gasteiger charge is 2.19. The van der Waals surface area contributed by atoms with Crippen molar-refractivity contribution in [2.45, 2.75) is 110 Å². The Morgan fingerprint density at radius 1 is 0.875 bits per heavy atom. The second-order valence-corrected chi connectivity index (χ2v) is 7.39. The average molecular weight is 341 g/mol. The molecule has 0 aliphatic heterocycles. The lowest BCUT2D eigenvalue weighted by molar-refractivity contribution is -0.155. The number of unbranched alkanes of at least 4 members (excludes halogenated alkanes) is 10. The van der Waals surface area contributed by atoms with Crippen LogP contribution in [0, 0.1) is 5.92 Å². The molecule has 1 aliphatic rings. The van der Waals surface area contributed by atoms with E-state index < -0.39 is 6.10 Å². The van der Waals surface area contributed by atoms with E-state index >= 15 is 0 Å². The Morgan fingerprint density at radius 3 is 1.88 bits per heavy atom. The lowest BCUT2D eigenvalue weighted by atomic mass is 10.0. The zero-order chi connectivity index (χ0) is 17.5. The van der Waals surface area contributed by atoms with Crippen LogP contribution in [0.15, 0.2) is 0 Å². The first-order valence-corrected chi connectivity index (χ1v) is 10.5. The second-order valence-electron chi connectivity index (χ2n) is 7.39. The van der Waals surface area contributed by atoms with Crippen LogP contribution in [0.25, 0.3) is 0 Å². The van der Waals surface area contributed by atoms with E-state index in [4.69, 9.17) is 9.47 Å². The van der Waals surface area contributed by atoms with Crippen LogP contribution >= 0.6 is 0 Å². The van der Waals surface area contributed by atoms with E-state index in [1.54, 1.807) is 6.92 Å². The van der Waals surface area contributed by atoms with Crippen LogP contribution < -0.4 is 0 Å².